The van der Waals surface area contributed by atoms with Gasteiger partial charge in [-0.15, -0.1) is 11.3 Å². The summed E-state index contributed by atoms with van der Waals surface area (Å²) in [6.45, 7) is 12.0. The highest BCUT2D eigenvalue weighted by molar-refractivity contribution is 7.09. The Morgan fingerprint density at radius 1 is 1.23 bits per heavy atom. The van der Waals surface area contributed by atoms with Crippen molar-refractivity contribution in [3.8, 4) is 0 Å². The van der Waals surface area contributed by atoms with Crippen LogP contribution in [-0.2, 0) is 14.3 Å². The summed E-state index contributed by atoms with van der Waals surface area (Å²) >= 11 is 1.51. The van der Waals surface area contributed by atoms with E-state index in [1.54, 1.807) is 40.7 Å². The first-order chi connectivity index (χ1) is 16.2. The number of nitrogens with zero attached hydrogens (tertiary/aromatic N) is 1. The van der Waals surface area contributed by atoms with Crippen LogP contribution in [0.4, 0.5) is 4.39 Å². The molecule has 6 nitrogen and oxygen atoms in total. The number of aliphatic hydroxyl groups is 2. The molecule has 0 saturated heterocycles. The summed E-state index contributed by atoms with van der Waals surface area (Å²) in [6.07, 6.45) is -0.0115. The smallest absolute Gasteiger partial charge is 0.309 e. The third-order valence-electron chi connectivity index (χ3n) is 7.15. The van der Waals surface area contributed by atoms with Crippen LogP contribution >= 0.6 is 11.3 Å². The normalized spacial score (nSPS) is 33.7. The van der Waals surface area contributed by atoms with Crippen LogP contribution in [0, 0.1) is 24.2 Å². The molecule has 196 valence electrons. The van der Waals surface area contributed by atoms with Crippen molar-refractivity contribution < 1.29 is 28.9 Å². The maximum atomic E-state index is 14.9. The lowest BCUT2D eigenvalue weighted by Gasteiger charge is -2.34. The van der Waals surface area contributed by atoms with E-state index >= 15 is 0 Å². The lowest BCUT2D eigenvalue weighted by Crippen LogP contribution is -2.45. The summed E-state index contributed by atoms with van der Waals surface area (Å²) in [5.41, 5.74) is 0.765. The molecule has 1 aromatic heterocycles. The summed E-state index contributed by atoms with van der Waals surface area (Å²) in [7, 11) is 0. The molecular weight excluding hydrogens is 469 g/mol. The number of aromatic nitrogens is 1. The van der Waals surface area contributed by atoms with Crippen LogP contribution < -0.4 is 0 Å². The van der Waals surface area contributed by atoms with Crippen molar-refractivity contribution in [3.63, 3.8) is 0 Å². The minimum atomic E-state index is -1.28. The first kappa shape index (κ1) is 29.3. The number of aliphatic hydroxyl groups excluding tert-OH is 2. The number of rotatable bonds is 2. The second kappa shape index (κ2) is 12.4. The fourth-order valence-electron chi connectivity index (χ4n) is 4.35. The Morgan fingerprint density at radius 3 is 2.49 bits per heavy atom. The summed E-state index contributed by atoms with van der Waals surface area (Å²) in [5.74, 6) is -2.07. The number of halogens is 1. The first-order valence-corrected chi connectivity index (χ1v) is 13.1. The largest absolute Gasteiger partial charge is 0.457 e. The number of carbonyl (C=O) groups excluding carboxylic acids is 2. The molecule has 0 radical (unpaired) electrons. The molecule has 1 aliphatic rings. The maximum Gasteiger partial charge on any atom is 0.309 e. The minimum absolute atomic E-state index is 0.213. The summed E-state index contributed by atoms with van der Waals surface area (Å²) in [5, 5.41) is 24.4. The molecule has 0 aromatic carbocycles. The van der Waals surface area contributed by atoms with Gasteiger partial charge in [-0.1, -0.05) is 33.8 Å². The molecule has 2 rings (SSSR count). The molecule has 0 saturated carbocycles. The van der Waals surface area contributed by atoms with E-state index in [0.29, 0.717) is 12.0 Å². The van der Waals surface area contributed by atoms with E-state index in [1.807, 2.05) is 25.3 Å². The fourth-order valence-corrected chi connectivity index (χ4v) is 4.92. The van der Waals surface area contributed by atoms with Gasteiger partial charge in [-0.05, 0) is 56.8 Å². The van der Waals surface area contributed by atoms with Gasteiger partial charge in [-0.3, -0.25) is 9.59 Å². The van der Waals surface area contributed by atoms with Gasteiger partial charge in [0.15, 0.2) is 0 Å². The number of hydrogen-bond donors (Lipinski definition) is 2. The number of thiazole rings is 1. The number of carbonyl (C=O) groups is 2. The quantitative estimate of drug-likeness (QED) is 0.419. The zero-order valence-electron chi connectivity index (χ0n) is 21.9. The first-order valence-electron chi connectivity index (χ1n) is 12.2. The molecule has 0 bridgehead atoms. The molecule has 0 spiro atoms. The van der Waals surface area contributed by atoms with E-state index in [1.165, 1.54) is 11.3 Å². The second-order valence-corrected chi connectivity index (χ2v) is 11.5. The molecule has 0 aliphatic carbocycles. The third kappa shape index (κ3) is 7.79. The molecule has 35 heavy (non-hydrogen) atoms. The Hall–Kier alpha value is -1.90. The van der Waals surface area contributed by atoms with Crippen LogP contribution in [-0.4, -0.2) is 51.4 Å². The van der Waals surface area contributed by atoms with E-state index in [-0.39, 0.29) is 31.0 Å². The van der Waals surface area contributed by atoms with Crippen LogP contribution in [0.1, 0.15) is 77.9 Å². The van der Waals surface area contributed by atoms with Crippen molar-refractivity contribution in [1.82, 2.24) is 4.98 Å². The van der Waals surface area contributed by atoms with E-state index in [2.05, 4.69) is 4.98 Å². The summed E-state index contributed by atoms with van der Waals surface area (Å²) in [4.78, 5) is 30.4. The molecule has 0 fully saturated rings. The number of aryl methyl sites for hydroxylation is 1. The number of ketones is 1. The van der Waals surface area contributed by atoms with E-state index < -0.39 is 41.8 Å². The second-order valence-electron chi connectivity index (χ2n) is 10.4. The Labute approximate surface area is 212 Å². The van der Waals surface area contributed by atoms with Gasteiger partial charge < -0.3 is 14.9 Å². The van der Waals surface area contributed by atoms with Crippen molar-refractivity contribution in [2.24, 2.45) is 17.3 Å². The van der Waals surface area contributed by atoms with Gasteiger partial charge in [0, 0.05) is 17.7 Å². The van der Waals surface area contributed by atoms with Crippen LogP contribution in [0.3, 0.4) is 0 Å². The fraction of sp³-hybridized carbons (Fsp3) is 0.667. The van der Waals surface area contributed by atoms with E-state index in [0.717, 1.165) is 16.3 Å². The molecule has 1 aliphatic heterocycles. The third-order valence-corrected chi connectivity index (χ3v) is 7.95. The maximum absolute atomic E-state index is 14.9. The number of alkyl halides is 1. The van der Waals surface area contributed by atoms with Crippen LogP contribution in [0.2, 0.25) is 0 Å². The van der Waals surface area contributed by atoms with Crippen molar-refractivity contribution in [2.45, 2.75) is 98.6 Å². The number of hydrogen-bond acceptors (Lipinski definition) is 7. The molecule has 2 heterocycles. The van der Waals surface area contributed by atoms with Gasteiger partial charge in [-0.2, -0.15) is 0 Å². The molecule has 0 unspecified atom stereocenters. The van der Waals surface area contributed by atoms with E-state index in [4.69, 9.17) is 4.74 Å². The van der Waals surface area contributed by atoms with Gasteiger partial charge >= 0.3 is 5.97 Å². The Bertz CT molecular complexity index is 953. The Kier molecular flexibility index (Phi) is 10.4. The lowest BCUT2D eigenvalue weighted by molar-refractivity contribution is -0.154. The van der Waals surface area contributed by atoms with Crippen LogP contribution in [0.25, 0.3) is 6.08 Å². The number of cyclic esters (lactones) is 1. The Morgan fingerprint density at radius 2 is 1.89 bits per heavy atom. The standard InChI is InChI=1S/C27H40FNO5S/c1-15-9-11-22(17(3)12-20-14-35-19(5)29-20)34-24(31)13-23(30)27(6,7)26(33)18(4)25(32)16(2)8-10-21(15)28/h9,12,14,16,18,21-23,25,30,32H,8,10-11,13H2,1-7H3/b15-9-,17-12+/t16-,18+,21+,22-,23-,25-/m0/s1. The average molecular weight is 510 g/mol. The average Bonchev–Trinajstić information content (AvgIpc) is 3.21. The van der Waals surface area contributed by atoms with Crippen molar-refractivity contribution in [2.75, 3.05) is 0 Å². The molecule has 1 aromatic rings. The predicted molar refractivity (Wildman–Crippen MR) is 137 cm³/mol. The number of esters is 1. The number of allylic oxidation sites excluding steroid dienone is 1. The van der Waals surface area contributed by atoms with Crippen molar-refractivity contribution in [3.05, 3.63) is 33.3 Å². The Balaban J connectivity index is 2.38. The highest BCUT2D eigenvalue weighted by atomic mass is 32.1. The van der Waals surface area contributed by atoms with Gasteiger partial charge in [0.25, 0.3) is 0 Å². The highest BCUT2D eigenvalue weighted by Gasteiger charge is 2.42. The molecule has 8 heteroatoms. The van der Waals surface area contributed by atoms with Crippen molar-refractivity contribution >= 4 is 29.2 Å². The highest BCUT2D eigenvalue weighted by Crippen LogP contribution is 2.33. The zero-order valence-corrected chi connectivity index (χ0v) is 22.7. The molecule has 6 atom stereocenters. The number of ether oxygens (including phenoxy) is 1. The minimum Gasteiger partial charge on any atom is -0.457 e. The topological polar surface area (TPSA) is 96.7 Å². The predicted octanol–water partition coefficient (Wildman–Crippen LogP) is 5.21. The van der Waals surface area contributed by atoms with Crippen molar-refractivity contribution in [1.29, 1.82) is 0 Å². The summed E-state index contributed by atoms with van der Waals surface area (Å²) < 4.78 is 20.6. The molecular formula is C27H40FNO5S. The van der Waals surface area contributed by atoms with Crippen LogP contribution in [0.15, 0.2) is 22.6 Å². The van der Waals surface area contributed by atoms with Gasteiger partial charge in [0.2, 0.25) is 0 Å². The molecule has 2 N–H and O–H groups in total. The molecule has 0 amide bonds. The van der Waals surface area contributed by atoms with Crippen LogP contribution in [0.5, 0.6) is 0 Å². The number of Topliss-reactive ketones (excluding diaryl/α,β-unsaturated/α-hetero) is 1. The van der Waals surface area contributed by atoms with E-state index in [9.17, 15) is 24.2 Å². The van der Waals surface area contributed by atoms with Gasteiger partial charge in [0.1, 0.15) is 18.1 Å². The summed E-state index contributed by atoms with van der Waals surface area (Å²) in [6, 6.07) is 0. The lowest BCUT2D eigenvalue weighted by atomic mass is 9.73. The van der Waals surface area contributed by atoms with Gasteiger partial charge in [0.05, 0.1) is 34.7 Å². The SMILES string of the molecule is C/C1=C/C[C@@H](/C(C)=C/c2csc(C)n2)OC(=O)C[C@H](O)C(C)(C)C(=O)[C@H](C)[C@@H](O)[C@@H](C)CC[C@H]1F. The van der Waals surface area contributed by atoms with Gasteiger partial charge in [-0.25, -0.2) is 9.37 Å². The zero-order chi connectivity index (χ0) is 26.5. The monoisotopic (exact) mass is 509 g/mol.